The van der Waals surface area contributed by atoms with Gasteiger partial charge in [0.2, 0.25) is 11.8 Å². The Balaban J connectivity index is 3.00. The van der Waals surface area contributed by atoms with E-state index in [9.17, 15) is 31.1 Å². The lowest BCUT2D eigenvalue weighted by molar-refractivity contribution is -0.279. The van der Waals surface area contributed by atoms with Crippen LogP contribution < -0.4 is 0 Å². The molecule has 2 atom stereocenters. The Hall–Kier alpha value is -0.700. The molecule has 0 spiro atoms. The Morgan fingerprint density at radius 1 is 1.30 bits per heavy atom. The summed E-state index contributed by atoms with van der Waals surface area (Å²) in [5.41, 5.74) is 0. The van der Waals surface area contributed by atoms with E-state index in [4.69, 9.17) is 16.3 Å². The molecule has 118 valence electrons. The molecule has 0 aromatic rings. The van der Waals surface area contributed by atoms with Gasteiger partial charge in [0.15, 0.2) is 0 Å². The van der Waals surface area contributed by atoms with Gasteiger partial charge < -0.3 is 9.64 Å². The highest BCUT2D eigenvalue weighted by atomic mass is 35.5. The van der Waals surface area contributed by atoms with Crippen molar-refractivity contribution in [2.75, 3.05) is 19.0 Å². The quantitative estimate of drug-likeness (QED) is 0.576. The van der Waals surface area contributed by atoms with Gasteiger partial charge in [0, 0.05) is 6.54 Å². The Morgan fingerprint density at radius 3 is 2.20 bits per heavy atom. The molecular formula is C10H12ClF6NO2. The maximum Gasteiger partial charge on any atom is 0.409 e. The van der Waals surface area contributed by atoms with Gasteiger partial charge >= 0.3 is 12.4 Å². The van der Waals surface area contributed by atoms with E-state index in [1.54, 1.807) is 0 Å². The number of hydrogen-bond acceptors (Lipinski definition) is 2. The second-order valence-corrected chi connectivity index (χ2v) is 4.77. The highest BCUT2D eigenvalue weighted by molar-refractivity contribution is 6.18. The summed E-state index contributed by atoms with van der Waals surface area (Å²) in [5, 5.41) is 0. The first-order chi connectivity index (χ1) is 8.98. The van der Waals surface area contributed by atoms with Gasteiger partial charge in [-0.05, 0) is 6.92 Å². The number of morpholine rings is 1. The van der Waals surface area contributed by atoms with Gasteiger partial charge in [-0.15, -0.1) is 11.6 Å². The van der Waals surface area contributed by atoms with Gasteiger partial charge in [0.25, 0.3) is 0 Å². The third kappa shape index (κ3) is 3.91. The molecule has 2 unspecified atom stereocenters. The van der Waals surface area contributed by atoms with Crippen molar-refractivity contribution in [3.8, 4) is 0 Å². The van der Waals surface area contributed by atoms with Crippen LogP contribution >= 0.6 is 11.6 Å². The predicted molar refractivity (Wildman–Crippen MR) is 57.2 cm³/mol. The summed E-state index contributed by atoms with van der Waals surface area (Å²) in [7, 11) is 0. The molecule has 3 nitrogen and oxygen atoms in total. The van der Waals surface area contributed by atoms with Gasteiger partial charge in [-0.3, -0.25) is 4.79 Å². The van der Waals surface area contributed by atoms with Crippen molar-refractivity contribution < 1.29 is 35.9 Å². The molecule has 0 aromatic carbocycles. The number of hydrogen-bond donors (Lipinski definition) is 0. The van der Waals surface area contributed by atoms with Gasteiger partial charge in [-0.25, -0.2) is 0 Å². The molecule has 0 aliphatic carbocycles. The van der Waals surface area contributed by atoms with Crippen LogP contribution in [0.25, 0.3) is 0 Å². The first-order valence-corrected chi connectivity index (χ1v) is 6.13. The smallest absolute Gasteiger partial charge is 0.373 e. The molecule has 1 fully saturated rings. The van der Waals surface area contributed by atoms with E-state index in [0.717, 1.165) is 0 Å². The van der Waals surface area contributed by atoms with Crippen LogP contribution in [0.3, 0.4) is 0 Å². The van der Waals surface area contributed by atoms with Crippen molar-refractivity contribution >= 4 is 17.5 Å². The molecule has 1 heterocycles. The molecule has 0 saturated carbocycles. The lowest BCUT2D eigenvalue weighted by Gasteiger charge is -2.39. The average Bonchev–Trinajstić information content (AvgIpc) is 2.25. The summed E-state index contributed by atoms with van der Waals surface area (Å²) in [6.45, 7) is 0.754. The fourth-order valence-electron chi connectivity index (χ4n) is 1.85. The lowest BCUT2D eigenvalue weighted by atomic mass is 10.0. The molecule has 0 N–H and O–H groups in total. The second kappa shape index (κ2) is 5.97. The molecule has 1 aliphatic heterocycles. The highest BCUT2D eigenvalue weighted by Gasteiger charge is 2.62. The molecule has 0 bridgehead atoms. The first-order valence-electron chi connectivity index (χ1n) is 5.60. The summed E-state index contributed by atoms with van der Waals surface area (Å²) in [6.07, 6.45) is -12.2. The fourth-order valence-corrected chi connectivity index (χ4v) is 2.04. The van der Waals surface area contributed by atoms with Crippen molar-refractivity contribution in [2.24, 2.45) is 5.92 Å². The minimum Gasteiger partial charge on any atom is -0.373 e. The lowest BCUT2D eigenvalue weighted by Crippen LogP contribution is -2.57. The number of nitrogens with zero attached hydrogens (tertiary/aromatic N) is 1. The van der Waals surface area contributed by atoms with Crippen molar-refractivity contribution in [1.82, 2.24) is 4.90 Å². The van der Waals surface area contributed by atoms with E-state index in [1.807, 2.05) is 0 Å². The fraction of sp³-hybridized carbons (Fsp3) is 0.900. The highest BCUT2D eigenvalue weighted by Crippen LogP contribution is 2.41. The van der Waals surface area contributed by atoms with Gasteiger partial charge in [-0.1, -0.05) is 0 Å². The van der Waals surface area contributed by atoms with E-state index in [2.05, 4.69) is 0 Å². The number of carbonyl (C=O) groups excluding carboxylic acids is 1. The van der Waals surface area contributed by atoms with E-state index >= 15 is 0 Å². The van der Waals surface area contributed by atoms with Gasteiger partial charge in [-0.2, -0.15) is 26.3 Å². The number of halogens is 7. The Bertz CT molecular complexity index is 345. The number of ether oxygens (including phenoxy) is 1. The predicted octanol–water partition coefficient (Wildman–Crippen LogP) is 2.58. The monoisotopic (exact) mass is 327 g/mol. The molecule has 1 aliphatic rings. The SMILES string of the molecule is CC1COC(CCl)CN1C(=O)C(C(F)(F)F)C(F)(F)F. The van der Waals surface area contributed by atoms with Crippen LogP contribution in [0.2, 0.25) is 0 Å². The standard InChI is InChI=1S/C10H12ClF6NO2/c1-5-4-20-6(2-11)3-18(5)8(19)7(9(12,13)14)10(15,16)17/h5-7H,2-4H2,1H3. The zero-order valence-corrected chi connectivity index (χ0v) is 11.0. The van der Waals surface area contributed by atoms with E-state index < -0.39 is 42.9 Å². The molecule has 0 aromatic heterocycles. The summed E-state index contributed by atoms with van der Waals surface area (Å²) in [5.74, 6) is -6.17. The number of alkyl halides is 7. The maximum atomic E-state index is 12.5. The van der Waals surface area contributed by atoms with Crippen LogP contribution in [-0.2, 0) is 9.53 Å². The maximum absolute atomic E-state index is 12.5. The van der Waals surface area contributed by atoms with Crippen LogP contribution in [0.5, 0.6) is 0 Å². The third-order valence-corrected chi connectivity index (χ3v) is 3.21. The van der Waals surface area contributed by atoms with Crippen LogP contribution in [-0.4, -0.2) is 54.3 Å². The molecule has 1 saturated heterocycles. The number of carbonyl (C=O) groups is 1. The van der Waals surface area contributed by atoms with E-state index in [-0.39, 0.29) is 12.5 Å². The van der Waals surface area contributed by atoms with E-state index in [1.165, 1.54) is 6.92 Å². The normalized spacial score (nSPS) is 25.1. The Labute approximate surface area is 115 Å². The Morgan fingerprint density at radius 2 is 1.80 bits per heavy atom. The van der Waals surface area contributed by atoms with Gasteiger partial charge in [0.1, 0.15) is 0 Å². The van der Waals surface area contributed by atoms with Crippen molar-refractivity contribution in [1.29, 1.82) is 0 Å². The molecular weight excluding hydrogens is 316 g/mol. The zero-order valence-electron chi connectivity index (χ0n) is 10.3. The van der Waals surface area contributed by atoms with Crippen molar-refractivity contribution in [3.05, 3.63) is 0 Å². The second-order valence-electron chi connectivity index (χ2n) is 4.47. The molecule has 10 heteroatoms. The van der Waals surface area contributed by atoms with Gasteiger partial charge in [0.05, 0.1) is 24.6 Å². The average molecular weight is 328 g/mol. The molecule has 1 rings (SSSR count). The summed E-state index contributed by atoms with van der Waals surface area (Å²) < 4.78 is 80.1. The summed E-state index contributed by atoms with van der Waals surface area (Å²) >= 11 is 5.45. The molecule has 20 heavy (non-hydrogen) atoms. The Kier molecular flexibility index (Phi) is 5.18. The number of rotatable bonds is 2. The minimum atomic E-state index is -5.69. The largest absolute Gasteiger partial charge is 0.409 e. The van der Waals surface area contributed by atoms with Crippen LogP contribution in [0.15, 0.2) is 0 Å². The van der Waals surface area contributed by atoms with Crippen LogP contribution in [0.1, 0.15) is 6.92 Å². The van der Waals surface area contributed by atoms with Crippen LogP contribution in [0.4, 0.5) is 26.3 Å². The molecule has 0 radical (unpaired) electrons. The third-order valence-electron chi connectivity index (χ3n) is 2.86. The first kappa shape index (κ1) is 17.4. The minimum absolute atomic E-state index is 0.126. The topological polar surface area (TPSA) is 29.5 Å². The van der Waals surface area contributed by atoms with E-state index in [0.29, 0.717) is 4.90 Å². The summed E-state index contributed by atoms with van der Waals surface area (Å²) in [6, 6.07) is -0.880. The zero-order chi connectivity index (χ0) is 15.7. The summed E-state index contributed by atoms with van der Waals surface area (Å²) in [4.78, 5) is 12.2. The number of amides is 1. The van der Waals surface area contributed by atoms with Crippen molar-refractivity contribution in [2.45, 2.75) is 31.4 Å². The van der Waals surface area contributed by atoms with Crippen molar-refractivity contribution in [3.63, 3.8) is 0 Å². The molecule has 1 amide bonds. The van der Waals surface area contributed by atoms with Crippen LogP contribution in [0, 0.1) is 5.92 Å².